The van der Waals surface area contributed by atoms with Crippen molar-refractivity contribution in [3.8, 4) is 0 Å². The first-order valence-electron chi connectivity index (χ1n) is 20.0. The van der Waals surface area contributed by atoms with E-state index >= 15 is 0 Å². The highest BCUT2D eigenvalue weighted by atomic mass is 15.3. The second-order valence-corrected chi connectivity index (χ2v) is 17.9. The van der Waals surface area contributed by atoms with E-state index in [1.165, 1.54) is 92.9 Å². The van der Waals surface area contributed by atoms with Crippen LogP contribution in [0.1, 0.15) is 82.6 Å². The van der Waals surface area contributed by atoms with Gasteiger partial charge in [-0.3, -0.25) is 0 Å². The van der Waals surface area contributed by atoms with E-state index in [0.717, 1.165) is 11.4 Å². The third kappa shape index (κ3) is 4.61. The molecule has 3 heterocycles. The summed E-state index contributed by atoms with van der Waals surface area (Å²) < 4.78 is 0. The first-order valence-corrected chi connectivity index (χ1v) is 20.0. The molecular weight excluding hydrogens is 653 g/mol. The monoisotopic (exact) mass is 703 g/mol. The molecule has 4 heteroatoms. The van der Waals surface area contributed by atoms with E-state index in [4.69, 9.17) is 0 Å². The molecule has 6 aromatic rings. The Labute approximate surface area is 322 Å². The molecule has 3 nitrogen and oxygen atoms in total. The van der Waals surface area contributed by atoms with Gasteiger partial charge in [-0.05, 0) is 121 Å². The zero-order valence-corrected chi connectivity index (χ0v) is 32.9. The third-order valence-corrected chi connectivity index (χ3v) is 13.6. The molecule has 1 aliphatic carbocycles. The molecule has 54 heavy (non-hydrogen) atoms. The van der Waals surface area contributed by atoms with Crippen LogP contribution in [0.2, 0.25) is 0 Å². The summed E-state index contributed by atoms with van der Waals surface area (Å²) in [5.41, 5.74) is 19.9. The predicted molar refractivity (Wildman–Crippen MR) is 231 cm³/mol. The molecule has 0 spiro atoms. The van der Waals surface area contributed by atoms with Gasteiger partial charge in [0.1, 0.15) is 0 Å². The average Bonchev–Trinajstić information content (AvgIpc) is 3.38. The minimum absolute atomic E-state index is 0.0270. The molecule has 0 saturated heterocycles. The fourth-order valence-corrected chi connectivity index (χ4v) is 10.5. The molecule has 0 radical (unpaired) electrons. The lowest BCUT2D eigenvalue weighted by atomic mass is 9.33. The van der Waals surface area contributed by atoms with Crippen molar-refractivity contribution in [1.29, 1.82) is 0 Å². The summed E-state index contributed by atoms with van der Waals surface area (Å²) in [6.07, 6.45) is 4.90. The highest BCUT2D eigenvalue weighted by molar-refractivity contribution is 7.00. The van der Waals surface area contributed by atoms with Crippen molar-refractivity contribution in [2.45, 2.75) is 90.5 Å². The minimum Gasteiger partial charge on any atom is -0.335 e. The van der Waals surface area contributed by atoms with Crippen molar-refractivity contribution < 1.29 is 0 Å². The smallest absolute Gasteiger partial charge is 0.252 e. The van der Waals surface area contributed by atoms with Gasteiger partial charge in [0.05, 0.1) is 11.2 Å². The number of aryl methyl sites for hydroxylation is 2. The average molecular weight is 704 g/mol. The number of para-hydroxylation sites is 2. The van der Waals surface area contributed by atoms with Gasteiger partial charge in [-0.2, -0.15) is 0 Å². The maximum atomic E-state index is 2.86. The Hall–Kier alpha value is -5.22. The molecule has 1 fully saturated rings. The summed E-state index contributed by atoms with van der Waals surface area (Å²) in [5.74, 6) is 0. The molecule has 0 bridgehead atoms. The molecule has 3 aliphatic heterocycles. The number of benzene rings is 6. The van der Waals surface area contributed by atoms with Crippen LogP contribution in [0.3, 0.4) is 0 Å². The standard InChI is InChI=1S/C50H50BN3/c1-33-19-23-37(24-20-33)52(38-25-21-34(2)22-26-38)39-31-44-46-45(32-39)54-47-40(49(6)27-13-14-28-50(49,54)7)29-35(48(3,4)5)30-42(47)51(46)41-17-11-12-18-43(41)53(44)36-15-9-8-10-16-36/h8-12,15-26,29-32H,13-14,27-28H2,1-7H3. The number of rotatable bonds is 4. The minimum atomic E-state index is -0.0662. The van der Waals surface area contributed by atoms with Crippen LogP contribution in [0.15, 0.2) is 127 Å². The fourth-order valence-electron chi connectivity index (χ4n) is 10.5. The molecule has 1 saturated carbocycles. The van der Waals surface area contributed by atoms with Crippen molar-refractivity contribution in [1.82, 2.24) is 0 Å². The summed E-state index contributed by atoms with van der Waals surface area (Å²) in [6.45, 7) is 16.8. The number of fused-ring (bicyclic) bond motifs is 7. The quantitative estimate of drug-likeness (QED) is 0.169. The van der Waals surface area contributed by atoms with Gasteiger partial charge in [-0.15, -0.1) is 0 Å². The highest BCUT2D eigenvalue weighted by Crippen LogP contribution is 2.62. The fraction of sp³-hybridized carbons (Fsp3) is 0.280. The van der Waals surface area contributed by atoms with Crippen LogP contribution < -0.4 is 31.1 Å². The van der Waals surface area contributed by atoms with E-state index in [0.29, 0.717) is 0 Å². The van der Waals surface area contributed by atoms with Gasteiger partial charge in [0, 0.05) is 45.2 Å². The van der Waals surface area contributed by atoms with Crippen LogP contribution in [0.4, 0.5) is 45.5 Å². The second kappa shape index (κ2) is 11.6. The van der Waals surface area contributed by atoms with Crippen molar-refractivity contribution in [3.05, 3.63) is 150 Å². The SMILES string of the molecule is Cc1ccc(N(c2ccc(C)cc2)c2cc3c4c(c2)N2c5c(cc(C(C)(C)C)cc5C5(C)CCCCC25C)B4c2ccccc2N3c2ccccc2)cc1. The molecule has 2 unspecified atom stereocenters. The highest BCUT2D eigenvalue weighted by Gasteiger charge is 2.61. The molecule has 0 amide bonds. The zero-order valence-electron chi connectivity index (χ0n) is 32.9. The van der Waals surface area contributed by atoms with Crippen LogP contribution in [0.25, 0.3) is 0 Å². The Kier molecular flexibility index (Phi) is 7.19. The largest absolute Gasteiger partial charge is 0.335 e. The van der Waals surface area contributed by atoms with Gasteiger partial charge in [-0.1, -0.05) is 124 Å². The lowest BCUT2D eigenvalue weighted by molar-refractivity contribution is 0.195. The molecule has 268 valence electrons. The molecule has 4 aliphatic rings. The van der Waals surface area contributed by atoms with E-state index in [1.807, 2.05) is 0 Å². The first-order chi connectivity index (χ1) is 26.0. The van der Waals surface area contributed by atoms with Gasteiger partial charge in [0.15, 0.2) is 0 Å². The van der Waals surface area contributed by atoms with E-state index in [9.17, 15) is 0 Å². The molecule has 6 aromatic carbocycles. The van der Waals surface area contributed by atoms with Gasteiger partial charge < -0.3 is 14.7 Å². The molecule has 0 aromatic heterocycles. The second-order valence-electron chi connectivity index (χ2n) is 17.9. The Morgan fingerprint density at radius 3 is 1.89 bits per heavy atom. The first kappa shape index (κ1) is 33.4. The topological polar surface area (TPSA) is 9.72 Å². The van der Waals surface area contributed by atoms with Crippen LogP contribution >= 0.6 is 0 Å². The van der Waals surface area contributed by atoms with Crippen molar-refractivity contribution in [2.75, 3.05) is 14.7 Å². The van der Waals surface area contributed by atoms with Crippen LogP contribution in [-0.4, -0.2) is 12.3 Å². The van der Waals surface area contributed by atoms with Crippen LogP contribution in [-0.2, 0) is 10.8 Å². The Balaban J connectivity index is 1.35. The summed E-state index contributed by atoms with van der Waals surface area (Å²) in [6, 6.07) is 48.6. The summed E-state index contributed by atoms with van der Waals surface area (Å²) >= 11 is 0. The van der Waals surface area contributed by atoms with Crippen molar-refractivity contribution in [3.63, 3.8) is 0 Å². The lowest BCUT2D eigenvalue weighted by Crippen LogP contribution is -2.64. The van der Waals surface area contributed by atoms with Gasteiger partial charge >= 0.3 is 0 Å². The van der Waals surface area contributed by atoms with E-state index in [-0.39, 0.29) is 23.1 Å². The predicted octanol–water partition coefficient (Wildman–Crippen LogP) is 11.4. The van der Waals surface area contributed by atoms with Crippen LogP contribution in [0.5, 0.6) is 0 Å². The Morgan fingerprint density at radius 1 is 0.611 bits per heavy atom. The molecule has 0 N–H and O–H groups in total. The Bertz CT molecular complexity index is 2400. The summed E-state index contributed by atoms with van der Waals surface area (Å²) in [5, 5.41) is 0. The third-order valence-electron chi connectivity index (χ3n) is 13.6. The number of hydrogen-bond donors (Lipinski definition) is 0. The Morgan fingerprint density at radius 2 is 1.22 bits per heavy atom. The molecule has 10 rings (SSSR count). The van der Waals surface area contributed by atoms with Crippen molar-refractivity contribution >= 4 is 68.6 Å². The van der Waals surface area contributed by atoms with Gasteiger partial charge in [0.2, 0.25) is 0 Å². The number of nitrogens with zero attached hydrogens (tertiary/aromatic N) is 3. The summed E-state index contributed by atoms with van der Waals surface area (Å²) in [7, 11) is 0. The molecular formula is C50H50BN3. The summed E-state index contributed by atoms with van der Waals surface area (Å²) in [4.78, 5) is 7.89. The maximum Gasteiger partial charge on any atom is 0.252 e. The maximum absolute atomic E-state index is 2.86. The van der Waals surface area contributed by atoms with Gasteiger partial charge in [-0.25, -0.2) is 0 Å². The van der Waals surface area contributed by atoms with Crippen LogP contribution in [0, 0.1) is 13.8 Å². The number of anilines is 8. The van der Waals surface area contributed by atoms with E-state index in [1.54, 1.807) is 5.56 Å². The normalized spacial score (nSPS) is 20.6. The zero-order chi connectivity index (χ0) is 37.1. The van der Waals surface area contributed by atoms with E-state index in [2.05, 4.69) is 191 Å². The van der Waals surface area contributed by atoms with Gasteiger partial charge in [0.25, 0.3) is 6.71 Å². The van der Waals surface area contributed by atoms with E-state index < -0.39 is 0 Å². The molecule has 2 atom stereocenters. The number of hydrogen-bond acceptors (Lipinski definition) is 3. The van der Waals surface area contributed by atoms with Crippen molar-refractivity contribution in [2.24, 2.45) is 0 Å². The lowest BCUT2D eigenvalue weighted by Gasteiger charge is -2.53.